The molecule has 1 atom stereocenters. The van der Waals surface area contributed by atoms with Gasteiger partial charge in [0.15, 0.2) is 0 Å². The van der Waals surface area contributed by atoms with Crippen molar-refractivity contribution in [3.8, 4) is 6.01 Å². The van der Waals surface area contributed by atoms with Crippen LogP contribution in [0.25, 0.3) is 10.2 Å². The first-order valence-electron chi connectivity index (χ1n) is 9.27. The number of hydrogen-bond donors (Lipinski definition) is 2. The van der Waals surface area contributed by atoms with Gasteiger partial charge in [0.2, 0.25) is 5.91 Å². The number of hydrogen-bond acceptors (Lipinski definition) is 8. The molecule has 2 aromatic heterocycles. The average molecular weight is 488 g/mol. The molecule has 178 valence electrons. The van der Waals surface area contributed by atoms with E-state index in [0.29, 0.717) is 11.3 Å². The summed E-state index contributed by atoms with van der Waals surface area (Å²) in [6.07, 6.45) is -12.1. The second-order valence-corrected chi connectivity index (χ2v) is 7.99. The summed E-state index contributed by atoms with van der Waals surface area (Å²) in [6, 6.07) is 0.550. The number of rotatable bonds is 6. The second-order valence-electron chi connectivity index (χ2n) is 6.96. The van der Waals surface area contributed by atoms with Crippen LogP contribution in [0, 0.1) is 0 Å². The minimum Gasteiger partial charge on any atom is -0.461 e. The lowest BCUT2D eigenvalue weighted by Gasteiger charge is -2.35. The van der Waals surface area contributed by atoms with Gasteiger partial charge in [-0.25, -0.2) is 0 Å². The number of carbonyl (C=O) groups is 1. The van der Waals surface area contributed by atoms with Gasteiger partial charge in [-0.1, -0.05) is 0 Å². The first-order valence-corrected chi connectivity index (χ1v) is 10.1. The van der Waals surface area contributed by atoms with Gasteiger partial charge in [-0.2, -0.15) is 36.3 Å². The van der Waals surface area contributed by atoms with Gasteiger partial charge in [-0.15, -0.1) is 11.3 Å². The molecule has 1 aliphatic rings. The normalized spacial score (nSPS) is 16.5. The minimum absolute atomic E-state index is 0.0333. The highest BCUT2D eigenvalue weighted by molar-refractivity contribution is 7.18. The molecule has 0 aliphatic carbocycles. The molecule has 0 spiro atoms. The Kier molecular flexibility index (Phi) is 7.00. The second kappa shape index (κ2) is 9.23. The maximum atomic E-state index is 13.2. The Bertz CT molecular complexity index is 959. The zero-order valence-corrected chi connectivity index (χ0v) is 17.1. The molecule has 1 amide bonds. The van der Waals surface area contributed by atoms with E-state index in [0.717, 1.165) is 11.0 Å². The molecule has 3 rings (SSSR count). The maximum absolute atomic E-state index is 13.2. The lowest BCUT2D eigenvalue weighted by atomic mass is 10.2. The van der Waals surface area contributed by atoms with Crippen LogP contribution < -0.4 is 9.64 Å². The molecule has 32 heavy (non-hydrogen) atoms. The SMILES string of the molecule is O=C(CC(F)(F)F)N1CCN(c2nc(OC[C@H](O)CO)nc3sc(C(F)(F)F)cc23)CC1. The number of anilines is 1. The van der Waals surface area contributed by atoms with E-state index in [1.54, 1.807) is 0 Å². The number of aliphatic hydroxyl groups is 2. The Hall–Kier alpha value is -2.39. The van der Waals surface area contributed by atoms with Crippen LogP contribution in [0.15, 0.2) is 6.07 Å². The quantitative estimate of drug-likeness (QED) is 0.601. The van der Waals surface area contributed by atoms with Crippen molar-refractivity contribution >= 4 is 33.3 Å². The Morgan fingerprint density at radius 2 is 1.81 bits per heavy atom. The van der Waals surface area contributed by atoms with Crippen LogP contribution in [-0.4, -0.2) is 82.7 Å². The van der Waals surface area contributed by atoms with Crippen molar-refractivity contribution < 1.29 is 46.1 Å². The molecular weight excluding hydrogens is 470 g/mol. The third-order valence-corrected chi connectivity index (χ3v) is 5.60. The van der Waals surface area contributed by atoms with Crippen LogP contribution in [0.2, 0.25) is 0 Å². The monoisotopic (exact) mass is 488 g/mol. The number of fused-ring (bicyclic) bond motifs is 1. The Morgan fingerprint density at radius 1 is 1.16 bits per heavy atom. The van der Waals surface area contributed by atoms with Crippen molar-refractivity contribution in [1.82, 2.24) is 14.9 Å². The molecule has 0 radical (unpaired) electrons. The van der Waals surface area contributed by atoms with Crippen LogP contribution in [-0.2, 0) is 11.0 Å². The Morgan fingerprint density at radius 3 is 2.38 bits per heavy atom. The molecule has 2 aromatic rings. The minimum atomic E-state index is -4.64. The third kappa shape index (κ3) is 5.89. The fraction of sp³-hybridized carbons (Fsp3) is 0.588. The van der Waals surface area contributed by atoms with Crippen LogP contribution in [0.1, 0.15) is 11.3 Å². The number of thiophene rings is 1. The summed E-state index contributed by atoms with van der Waals surface area (Å²) in [6.45, 7) is -1.09. The predicted molar refractivity (Wildman–Crippen MR) is 100 cm³/mol. The van der Waals surface area contributed by atoms with Crippen molar-refractivity contribution in [1.29, 1.82) is 0 Å². The number of aliphatic hydroxyl groups excluding tert-OH is 2. The Labute approximate surface area is 181 Å². The predicted octanol–water partition coefficient (Wildman–Crippen LogP) is 2.04. The van der Waals surface area contributed by atoms with Gasteiger partial charge in [0.05, 0.1) is 12.0 Å². The summed E-state index contributed by atoms with van der Waals surface area (Å²) in [5.41, 5.74) is 0. The molecule has 1 aliphatic heterocycles. The summed E-state index contributed by atoms with van der Waals surface area (Å²) in [4.78, 5) is 21.4. The summed E-state index contributed by atoms with van der Waals surface area (Å²) in [5.74, 6) is -1.01. The lowest BCUT2D eigenvalue weighted by molar-refractivity contribution is -0.161. The van der Waals surface area contributed by atoms with Crippen LogP contribution in [0.3, 0.4) is 0 Å². The van der Waals surface area contributed by atoms with Crippen molar-refractivity contribution in [3.63, 3.8) is 0 Å². The zero-order chi connectivity index (χ0) is 23.7. The number of carbonyl (C=O) groups excluding carboxylic acids is 1. The number of amides is 1. The highest BCUT2D eigenvalue weighted by Gasteiger charge is 2.36. The molecule has 0 bridgehead atoms. The summed E-state index contributed by atoms with van der Waals surface area (Å²) in [7, 11) is 0. The standard InChI is InChI=1S/C17H18F6N4O4S/c18-16(19,20)6-12(30)26-1-3-27(4-2-26)13-10-5-11(17(21,22)23)32-14(10)25-15(24-13)31-8-9(29)7-28/h5,9,28-29H,1-4,6-8H2/t9-/m1/s1. The number of aromatic nitrogens is 2. The fourth-order valence-electron chi connectivity index (χ4n) is 3.01. The van der Waals surface area contributed by atoms with Gasteiger partial charge < -0.3 is 24.7 Å². The zero-order valence-electron chi connectivity index (χ0n) is 16.3. The van der Waals surface area contributed by atoms with E-state index in [-0.39, 0.29) is 48.2 Å². The van der Waals surface area contributed by atoms with Crippen molar-refractivity contribution in [2.24, 2.45) is 0 Å². The van der Waals surface area contributed by atoms with Crippen molar-refractivity contribution in [2.75, 3.05) is 44.3 Å². The first kappa shape index (κ1) is 24.3. The molecule has 0 aromatic carbocycles. The number of alkyl halides is 6. The Balaban J connectivity index is 1.85. The molecule has 0 unspecified atom stereocenters. The summed E-state index contributed by atoms with van der Waals surface area (Å²) in [5, 5.41) is 18.4. The highest BCUT2D eigenvalue weighted by Crippen LogP contribution is 2.40. The smallest absolute Gasteiger partial charge is 0.425 e. The highest BCUT2D eigenvalue weighted by atomic mass is 32.1. The molecule has 1 saturated heterocycles. The van der Waals surface area contributed by atoms with E-state index in [9.17, 15) is 36.2 Å². The molecule has 3 heterocycles. The van der Waals surface area contributed by atoms with Gasteiger partial charge in [0.25, 0.3) is 0 Å². The van der Waals surface area contributed by atoms with Gasteiger partial charge >= 0.3 is 18.4 Å². The average Bonchev–Trinajstić information content (AvgIpc) is 3.15. The van der Waals surface area contributed by atoms with Gasteiger partial charge in [0, 0.05) is 26.2 Å². The first-order chi connectivity index (χ1) is 14.9. The number of halogens is 6. The van der Waals surface area contributed by atoms with Gasteiger partial charge in [0.1, 0.15) is 34.7 Å². The maximum Gasteiger partial charge on any atom is 0.425 e. The molecule has 8 nitrogen and oxygen atoms in total. The largest absolute Gasteiger partial charge is 0.461 e. The van der Waals surface area contributed by atoms with Crippen LogP contribution in [0.4, 0.5) is 32.2 Å². The number of nitrogens with zero attached hydrogens (tertiary/aromatic N) is 4. The molecule has 1 fully saturated rings. The molecule has 2 N–H and O–H groups in total. The number of ether oxygens (including phenoxy) is 1. The molecule has 0 saturated carbocycles. The van der Waals surface area contributed by atoms with Gasteiger partial charge in [-0.05, 0) is 6.07 Å². The molecule has 15 heteroatoms. The lowest BCUT2D eigenvalue weighted by Crippen LogP contribution is -2.49. The van der Waals surface area contributed by atoms with E-state index in [1.165, 1.54) is 4.90 Å². The summed E-state index contributed by atoms with van der Waals surface area (Å²) < 4.78 is 82.2. The van der Waals surface area contributed by atoms with E-state index in [1.807, 2.05) is 0 Å². The fourth-order valence-corrected chi connectivity index (χ4v) is 3.89. The van der Waals surface area contributed by atoms with E-state index < -0.39 is 48.9 Å². The van der Waals surface area contributed by atoms with E-state index in [4.69, 9.17) is 9.84 Å². The van der Waals surface area contributed by atoms with Crippen LogP contribution >= 0.6 is 11.3 Å². The van der Waals surface area contributed by atoms with Crippen molar-refractivity contribution in [3.05, 3.63) is 10.9 Å². The van der Waals surface area contributed by atoms with Crippen molar-refractivity contribution in [2.45, 2.75) is 24.9 Å². The van der Waals surface area contributed by atoms with Crippen LogP contribution in [0.5, 0.6) is 6.01 Å². The van der Waals surface area contributed by atoms with E-state index >= 15 is 0 Å². The number of piperazine rings is 1. The molecular formula is C17H18F6N4O4S. The summed E-state index contributed by atoms with van der Waals surface area (Å²) >= 11 is 0.364. The topological polar surface area (TPSA) is 99.0 Å². The third-order valence-electron chi connectivity index (χ3n) is 4.53. The van der Waals surface area contributed by atoms with E-state index in [2.05, 4.69) is 9.97 Å². The van der Waals surface area contributed by atoms with Gasteiger partial charge in [-0.3, -0.25) is 4.79 Å².